The molecular weight excluding hydrogens is 310 g/mol. The van der Waals surface area contributed by atoms with Crippen molar-refractivity contribution >= 4 is 12.4 Å². The summed E-state index contributed by atoms with van der Waals surface area (Å²) >= 11 is 0. The second-order valence-corrected chi connectivity index (χ2v) is 5.73. The first-order chi connectivity index (χ1) is 10.1. The van der Waals surface area contributed by atoms with Crippen LogP contribution in [0.5, 0.6) is 11.5 Å². The first-order valence-corrected chi connectivity index (χ1v) is 7.42. The molecule has 0 unspecified atom stereocenters. The highest BCUT2D eigenvalue weighted by atomic mass is 35.5. The Morgan fingerprint density at radius 1 is 0.739 bits per heavy atom. The third kappa shape index (κ3) is 5.77. The van der Waals surface area contributed by atoms with E-state index < -0.39 is 0 Å². The quantitative estimate of drug-likeness (QED) is 0.760. The highest BCUT2D eigenvalue weighted by Gasteiger charge is 2.16. The molecule has 0 amide bonds. The van der Waals surface area contributed by atoms with Gasteiger partial charge in [-0.25, -0.2) is 0 Å². The molecule has 128 valence electrons. The standard InChI is InChI=1S/C19H24O2.ClH.H3N/c1-14(2)13-19(15-5-9-17(20-3)10-6-15)16-7-11-18(21-4)12-8-16;;/h5-12,14,19H,13H2,1-4H3;1H;1H3. The fourth-order valence-electron chi connectivity index (χ4n) is 2.61. The van der Waals surface area contributed by atoms with Crippen LogP contribution < -0.4 is 15.6 Å². The van der Waals surface area contributed by atoms with Crippen LogP contribution in [0.15, 0.2) is 48.5 Å². The fraction of sp³-hybridized carbons (Fsp3) is 0.368. The molecular formula is C19H28ClNO2. The molecule has 0 atom stereocenters. The molecule has 4 heteroatoms. The van der Waals surface area contributed by atoms with Gasteiger partial charge in [-0.05, 0) is 47.7 Å². The summed E-state index contributed by atoms with van der Waals surface area (Å²) < 4.78 is 10.5. The van der Waals surface area contributed by atoms with E-state index in [0.29, 0.717) is 11.8 Å². The van der Waals surface area contributed by atoms with Gasteiger partial charge >= 0.3 is 0 Å². The van der Waals surface area contributed by atoms with Gasteiger partial charge in [0.25, 0.3) is 0 Å². The predicted molar refractivity (Wildman–Crippen MR) is 99.6 cm³/mol. The first kappa shape index (κ1) is 21.3. The topological polar surface area (TPSA) is 53.5 Å². The molecule has 0 aliphatic rings. The lowest BCUT2D eigenvalue weighted by Crippen LogP contribution is -2.05. The highest BCUT2D eigenvalue weighted by molar-refractivity contribution is 5.85. The van der Waals surface area contributed by atoms with E-state index in [9.17, 15) is 0 Å². The van der Waals surface area contributed by atoms with Gasteiger partial charge in [-0.1, -0.05) is 38.1 Å². The molecule has 3 nitrogen and oxygen atoms in total. The summed E-state index contributed by atoms with van der Waals surface area (Å²) in [6.07, 6.45) is 1.12. The molecule has 0 aliphatic heterocycles. The molecule has 0 spiro atoms. The zero-order valence-corrected chi connectivity index (χ0v) is 15.2. The Balaban J connectivity index is 0.00000242. The molecule has 0 fully saturated rings. The van der Waals surface area contributed by atoms with Gasteiger partial charge < -0.3 is 15.6 Å². The van der Waals surface area contributed by atoms with Crippen LogP contribution >= 0.6 is 12.4 Å². The Morgan fingerprint density at radius 3 is 1.35 bits per heavy atom. The van der Waals surface area contributed by atoms with Crippen LogP contribution in [0, 0.1) is 5.92 Å². The van der Waals surface area contributed by atoms with Crippen molar-refractivity contribution in [3.63, 3.8) is 0 Å². The summed E-state index contributed by atoms with van der Waals surface area (Å²) in [5, 5.41) is 0. The van der Waals surface area contributed by atoms with Crippen molar-refractivity contribution < 1.29 is 9.47 Å². The van der Waals surface area contributed by atoms with Crippen LogP contribution in [0.3, 0.4) is 0 Å². The molecule has 0 saturated carbocycles. The van der Waals surface area contributed by atoms with Crippen LogP contribution in [0.4, 0.5) is 0 Å². The second-order valence-electron chi connectivity index (χ2n) is 5.73. The third-order valence-electron chi connectivity index (χ3n) is 3.74. The Kier molecular flexibility index (Phi) is 9.38. The maximum Gasteiger partial charge on any atom is 0.118 e. The van der Waals surface area contributed by atoms with Gasteiger partial charge in [0.15, 0.2) is 0 Å². The summed E-state index contributed by atoms with van der Waals surface area (Å²) in [5.41, 5.74) is 2.66. The lowest BCUT2D eigenvalue weighted by atomic mass is 9.84. The summed E-state index contributed by atoms with van der Waals surface area (Å²) in [6, 6.07) is 16.8. The molecule has 0 bridgehead atoms. The van der Waals surface area contributed by atoms with Gasteiger partial charge in [0, 0.05) is 5.92 Å². The molecule has 2 aromatic rings. The summed E-state index contributed by atoms with van der Waals surface area (Å²) in [4.78, 5) is 0. The molecule has 0 aromatic heterocycles. The molecule has 0 aliphatic carbocycles. The number of halogens is 1. The monoisotopic (exact) mass is 337 g/mol. The van der Waals surface area contributed by atoms with Crippen LogP contribution in [0.25, 0.3) is 0 Å². The fourth-order valence-corrected chi connectivity index (χ4v) is 2.61. The van der Waals surface area contributed by atoms with Crippen LogP contribution in [-0.2, 0) is 0 Å². The molecule has 0 saturated heterocycles. The van der Waals surface area contributed by atoms with E-state index in [2.05, 4.69) is 38.1 Å². The van der Waals surface area contributed by atoms with Crippen molar-refractivity contribution in [2.45, 2.75) is 26.2 Å². The minimum Gasteiger partial charge on any atom is -0.497 e. The third-order valence-corrected chi connectivity index (χ3v) is 3.74. The largest absolute Gasteiger partial charge is 0.497 e. The van der Waals surface area contributed by atoms with Crippen molar-refractivity contribution in [3.8, 4) is 11.5 Å². The van der Waals surface area contributed by atoms with Gasteiger partial charge in [0.05, 0.1) is 14.2 Å². The SMILES string of the molecule is COc1ccc(C(CC(C)C)c2ccc(OC)cc2)cc1.Cl.N. The van der Waals surface area contributed by atoms with Gasteiger partial charge in [0.1, 0.15) is 11.5 Å². The highest BCUT2D eigenvalue weighted by Crippen LogP contribution is 2.32. The maximum atomic E-state index is 5.25. The van der Waals surface area contributed by atoms with Gasteiger partial charge in [-0.15, -0.1) is 12.4 Å². The average molecular weight is 338 g/mol. The molecule has 23 heavy (non-hydrogen) atoms. The van der Waals surface area contributed by atoms with Gasteiger partial charge in [0.2, 0.25) is 0 Å². The number of rotatable bonds is 6. The normalized spacial score (nSPS) is 10.0. The zero-order valence-electron chi connectivity index (χ0n) is 14.4. The summed E-state index contributed by atoms with van der Waals surface area (Å²) in [5.74, 6) is 2.84. The Bertz CT molecular complexity index is 505. The minimum absolute atomic E-state index is 0. The Hall–Kier alpha value is -1.71. The van der Waals surface area contributed by atoms with E-state index in [4.69, 9.17) is 9.47 Å². The summed E-state index contributed by atoms with van der Waals surface area (Å²) in [7, 11) is 3.40. The number of ether oxygens (including phenoxy) is 2. The van der Waals surface area contributed by atoms with Crippen LogP contribution in [0.1, 0.15) is 37.3 Å². The van der Waals surface area contributed by atoms with E-state index in [0.717, 1.165) is 17.9 Å². The van der Waals surface area contributed by atoms with Crippen molar-refractivity contribution in [1.29, 1.82) is 0 Å². The number of benzene rings is 2. The van der Waals surface area contributed by atoms with Crippen LogP contribution in [0.2, 0.25) is 0 Å². The Labute approximate surface area is 146 Å². The lowest BCUT2D eigenvalue weighted by Gasteiger charge is -2.20. The van der Waals surface area contributed by atoms with Crippen molar-refractivity contribution in [3.05, 3.63) is 59.7 Å². The van der Waals surface area contributed by atoms with E-state index in [1.54, 1.807) is 14.2 Å². The van der Waals surface area contributed by atoms with Crippen molar-refractivity contribution in [1.82, 2.24) is 6.15 Å². The van der Waals surface area contributed by atoms with Crippen LogP contribution in [-0.4, -0.2) is 14.2 Å². The van der Waals surface area contributed by atoms with Gasteiger partial charge in [-0.3, -0.25) is 0 Å². The van der Waals surface area contributed by atoms with E-state index >= 15 is 0 Å². The molecule has 0 radical (unpaired) electrons. The van der Waals surface area contributed by atoms with E-state index in [1.165, 1.54) is 11.1 Å². The number of hydrogen-bond acceptors (Lipinski definition) is 3. The Morgan fingerprint density at radius 2 is 1.09 bits per heavy atom. The van der Waals surface area contributed by atoms with E-state index in [-0.39, 0.29) is 18.6 Å². The minimum atomic E-state index is 0. The molecule has 0 heterocycles. The van der Waals surface area contributed by atoms with E-state index in [1.807, 2.05) is 24.3 Å². The number of methoxy groups -OCH3 is 2. The summed E-state index contributed by atoms with van der Waals surface area (Å²) in [6.45, 7) is 4.53. The molecule has 3 N–H and O–H groups in total. The maximum absolute atomic E-state index is 5.25. The number of hydrogen-bond donors (Lipinski definition) is 1. The smallest absolute Gasteiger partial charge is 0.118 e. The van der Waals surface area contributed by atoms with Crippen molar-refractivity contribution in [2.24, 2.45) is 5.92 Å². The second kappa shape index (κ2) is 10.1. The van der Waals surface area contributed by atoms with Gasteiger partial charge in [-0.2, -0.15) is 0 Å². The molecule has 2 rings (SSSR count). The van der Waals surface area contributed by atoms with Crippen molar-refractivity contribution in [2.75, 3.05) is 14.2 Å². The molecule has 2 aromatic carbocycles. The first-order valence-electron chi connectivity index (χ1n) is 7.42. The predicted octanol–water partition coefficient (Wildman–Crippen LogP) is 5.47. The average Bonchev–Trinajstić information content (AvgIpc) is 2.53. The zero-order chi connectivity index (χ0) is 15.2. The lowest BCUT2D eigenvalue weighted by molar-refractivity contribution is 0.414.